The van der Waals surface area contributed by atoms with Gasteiger partial charge in [-0.3, -0.25) is 4.40 Å². The van der Waals surface area contributed by atoms with Crippen LogP contribution in [-0.4, -0.2) is 14.5 Å². The van der Waals surface area contributed by atoms with Crippen LogP contribution >= 0.6 is 11.3 Å². The topological polar surface area (TPSA) is 37.5 Å². The maximum absolute atomic E-state index is 13.5. The van der Waals surface area contributed by atoms with Gasteiger partial charge in [0.05, 0.1) is 17.4 Å². The lowest BCUT2D eigenvalue weighted by atomic mass is 10.0. The Bertz CT molecular complexity index is 674. The molecule has 0 aliphatic heterocycles. The van der Waals surface area contributed by atoms with Gasteiger partial charge in [0, 0.05) is 24.2 Å². The zero-order valence-corrected chi connectivity index (χ0v) is 10.6. The molecule has 0 radical (unpaired) electrons. The van der Waals surface area contributed by atoms with Crippen molar-refractivity contribution in [2.75, 3.05) is 0 Å². The largest absolute Gasteiger partial charge is 0.388 e. The fourth-order valence-electron chi connectivity index (χ4n) is 2.00. The summed E-state index contributed by atoms with van der Waals surface area (Å²) in [7, 11) is 0. The van der Waals surface area contributed by atoms with Crippen molar-refractivity contribution in [2.24, 2.45) is 0 Å². The predicted molar refractivity (Wildman–Crippen MR) is 68.1 cm³/mol. The fraction of sp³-hybridized carbons (Fsp3) is 0.154. The van der Waals surface area contributed by atoms with Crippen molar-refractivity contribution >= 4 is 16.3 Å². The molecule has 0 amide bonds. The van der Waals surface area contributed by atoms with Crippen molar-refractivity contribution in [3.05, 3.63) is 58.9 Å². The summed E-state index contributed by atoms with van der Waals surface area (Å²) in [5.41, 5.74) is 0.292. The first-order valence-corrected chi connectivity index (χ1v) is 6.56. The Hall–Kier alpha value is -1.79. The zero-order valence-electron chi connectivity index (χ0n) is 9.75. The minimum absolute atomic E-state index is 0.0756. The van der Waals surface area contributed by atoms with Crippen molar-refractivity contribution in [2.45, 2.75) is 12.5 Å². The lowest BCUT2D eigenvalue weighted by Crippen LogP contribution is -2.07. The molecule has 3 nitrogen and oxygen atoms in total. The second kappa shape index (κ2) is 4.71. The average Bonchev–Trinajstić information content (AvgIpc) is 2.89. The Labute approximate surface area is 111 Å². The average molecular weight is 280 g/mol. The van der Waals surface area contributed by atoms with Crippen LogP contribution in [0.3, 0.4) is 0 Å². The third-order valence-corrected chi connectivity index (χ3v) is 3.65. The molecule has 0 fully saturated rings. The quantitative estimate of drug-likeness (QED) is 0.801. The van der Waals surface area contributed by atoms with Crippen LogP contribution in [0, 0.1) is 11.6 Å². The van der Waals surface area contributed by atoms with Gasteiger partial charge in [0.2, 0.25) is 0 Å². The Morgan fingerprint density at radius 1 is 1.32 bits per heavy atom. The van der Waals surface area contributed by atoms with E-state index >= 15 is 0 Å². The molecule has 1 atom stereocenters. The molecule has 2 heterocycles. The number of aromatic nitrogens is 2. The van der Waals surface area contributed by atoms with Gasteiger partial charge in [-0.1, -0.05) is 6.07 Å². The van der Waals surface area contributed by atoms with Crippen molar-refractivity contribution in [3.8, 4) is 0 Å². The molecule has 0 aliphatic rings. The number of halogens is 2. The Morgan fingerprint density at radius 2 is 2.05 bits per heavy atom. The number of hydrogen-bond acceptors (Lipinski definition) is 3. The van der Waals surface area contributed by atoms with Crippen molar-refractivity contribution in [1.82, 2.24) is 9.38 Å². The van der Waals surface area contributed by atoms with Crippen LogP contribution in [-0.2, 0) is 6.42 Å². The maximum atomic E-state index is 13.5. The second-order valence-corrected chi connectivity index (χ2v) is 5.05. The van der Waals surface area contributed by atoms with Gasteiger partial charge in [-0.05, 0) is 12.1 Å². The predicted octanol–water partition coefficient (Wildman–Crippen LogP) is 2.95. The van der Waals surface area contributed by atoms with Gasteiger partial charge in [0.1, 0.15) is 11.6 Å². The first-order chi connectivity index (χ1) is 9.15. The smallest absolute Gasteiger partial charge is 0.193 e. The Kier molecular flexibility index (Phi) is 3.04. The van der Waals surface area contributed by atoms with Gasteiger partial charge in [0.15, 0.2) is 4.96 Å². The van der Waals surface area contributed by atoms with E-state index < -0.39 is 17.7 Å². The van der Waals surface area contributed by atoms with E-state index in [-0.39, 0.29) is 12.0 Å². The number of hydrogen-bond donors (Lipinski definition) is 1. The highest BCUT2D eigenvalue weighted by Crippen LogP contribution is 2.24. The first kappa shape index (κ1) is 12.3. The van der Waals surface area contributed by atoms with Crippen LogP contribution in [0.4, 0.5) is 8.78 Å². The SMILES string of the molecule is OC(Cc1cn2ccsc2n1)c1c(F)cccc1F. The van der Waals surface area contributed by atoms with Crippen LogP contribution in [0.5, 0.6) is 0 Å². The van der Waals surface area contributed by atoms with Gasteiger partial charge < -0.3 is 5.11 Å². The minimum atomic E-state index is -1.24. The van der Waals surface area contributed by atoms with E-state index in [2.05, 4.69) is 4.98 Å². The van der Waals surface area contributed by atoms with Gasteiger partial charge in [-0.2, -0.15) is 0 Å². The minimum Gasteiger partial charge on any atom is -0.388 e. The molecule has 2 aromatic heterocycles. The van der Waals surface area contributed by atoms with E-state index in [0.29, 0.717) is 5.69 Å². The standard InChI is InChI=1S/C13H10F2N2OS/c14-9-2-1-3-10(15)12(9)11(18)6-8-7-17-4-5-19-13(17)16-8/h1-5,7,11,18H,6H2. The molecule has 98 valence electrons. The van der Waals surface area contributed by atoms with E-state index in [1.807, 2.05) is 16.0 Å². The summed E-state index contributed by atoms with van der Waals surface area (Å²) in [6.45, 7) is 0. The van der Waals surface area contributed by atoms with Gasteiger partial charge in [-0.25, -0.2) is 13.8 Å². The number of fused-ring (bicyclic) bond motifs is 1. The molecule has 19 heavy (non-hydrogen) atoms. The van der Waals surface area contributed by atoms with Crippen LogP contribution < -0.4 is 0 Å². The molecular formula is C13H10F2N2OS. The first-order valence-electron chi connectivity index (χ1n) is 5.68. The number of imidazole rings is 1. The van der Waals surface area contributed by atoms with Crippen LogP contribution in [0.25, 0.3) is 4.96 Å². The van der Waals surface area contributed by atoms with Crippen molar-refractivity contribution < 1.29 is 13.9 Å². The maximum Gasteiger partial charge on any atom is 0.193 e. The molecule has 6 heteroatoms. The van der Waals surface area contributed by atoms with E-state index in [1.54, 1.807) is 6.20 Å². The molecule has 0 saturated carbocycles. The summed E-state index contributed by atoms with van der Waals surface area (Å²) >= 11 is 1.46. The summed E-state index contributed by atoms with van der Waals surface area (Å²) in [5, 5.41) is 11.9. The fourth-order valence-corrected chi connectivity index (χ4v) is 2.72. The van der Waals surface area contributed by atoms with Gasteiger partial charge in [-0.15, -0.1) is 11.3 Å². The molecule has 0 saturated heterocycles. The molecule has 0 bridgehead atoms. The van der Waals surface area contributed by atoms with Crippen LogP contribution in [0.15, 0.2) is 36.0 Å². The monoisotopic (exact) mass is 280 g/mol. The molecule has 1 aromatic carbocycles. The number of benzene rings is 1. The number of aliphatic hydroxyl groups is 1. The van der Waals surface area contributed by atoms with Crippen LogP contribution in [0.2, 0.25) is 0 Å². The summed E-state index contributed by atoms with van der Waals surface area (Å²) in [6, 6.07) is 3.54. The number of thiazole rings is 1. The molecule has 3 aromatic rings. The van der Waals surface area contributed by atoms with E-state index in [1.165, 1.54) is 17.4 Å². The Balaban J connectivity index is 1.88. The highest BCUT2D eigenvalue weighted by Gasteiger charge is 2.19. The highest BCUT2D eigenvalue weighted by atomic mass is 32.1. The second-order valence-electron chi connectivity index (χ2n) is 4.18. The molecule has 1 unspecified atom stereocenters. The zero-order chi connectivity index (χ0) is 13.4. The lowest BCUT2D eigenvalue weighted by Gasteiger charge is -2.11. The molecule has 0 spiro atoms. The molecule has 1 N–H and O–H groups in total. The van der Waals surface area contributed by atoms with E-state index in [0.717, 1.165) is 17.1 Å². The van der Waals surface area contributed by atoms with Crippen molar-refractivity contribution in [3.63, 3.8) is 0 Å². The number of aliphatic hydroxyl groups excluding tert-OH is 1. The number of nitrogens with zero attached hydrogens (tertiary/aromatic N) is 2. The highest BCUT2D eigenvalue weighted by molar-refractivity contribution is 7.15. The number of rotatable bonds is 3. The lowest BCUT2D eigenvalue weighted by molar-refractivity contribution is 0.167. The summed E-state index contributed by atoms with van der Waals surface area (Å²) < 4.78 is 28.9. The van der Waals surface area contributed by atoms with Gasteiger partial charge in [0.25, 0.3) is 0 Å². The summed E-state index contributed by atoms with van der Waals surface area (Å²) in [6.07, 6.45) is 2.41. The summed E-state index contributed by atoms with van der Waals surface area (Å²) in [4.78, 5) is 5.06. The molecule has 3 rings (SSSR count). The third-order valence-electron chi connectivity index (χ3n) is 2.88. The third kappa shape index (κ3) is 2.24. The normalized spacial score (nSPS) is 13.0. The Morgan fingerprint density at radius 3 is 2.74 bits per heavy atom. The van der Waals surface area contributed by atoms with Gasteiger partial charge >= 0.3 is 0 Å². The molecular weight excluding hydrogens is 270 g/mol. The summed E-state index contributed by atoms with van der Waals surface area (Å²) in [5.74, 6) is -1.48. The van der Waals surface area contributed by atoms with Crippen LogP contribution in [0.1, 0.15) is 17.4 Å². The van der Waals surface area contributed by atoms with Crippen molar-refractivity contribution in [1.29, 1.82) is 0 Å². The molecule has 0 aliphatic carbocycles. The van der Waals surface area contributed by atoms with E-state index in [4.69, 9.17) is 0 Å². The van der Waals surface area contributed by atoms with E-state index in [9.17, 15) is 13.9 Å².